The molecule has 1 heterocycles. The van der Waals surface area contributed by atoms with Gasteiger partial charge in [0.05, 0.1) is 0 Å². The SMILES string of the molecule is CSCCCNC(=NCc1nnc(C)n1C)NCC1(CCO)CCCCC1.I. The van der Waals surface area contributed by atoms with Crippen LogP contribution in [0.3, 0.4) is 0 Å². The third-order valence-electron chi connectivity index (χ3n) is 5.57. The maximum atomic E-state index is 9.54. The van der Waals surface area contributed by atoms with Crippen LogP contribution in [0.5, 0.6) is 0 Å². The monoisotopic (exact) mass is 524 g/mol. The number of hydrogen-bond donors (Lipinski definition) is 3. The van der Waals surface area contributed by atoms with Crippen molar-refractivity contribution in [2.45, 2.75) is 58.4 Å². The van der Waals surface area contributed by atoms with Crippen molar-refractivity contribution in [3.8, 4) is 0 Å². The summed E-state index contributed by atoms with van der Waals surface area (Å²) in [4.78, 5) is 4.74. The molecule has 0 aromatic carbocycles. The third-order valence-corrected chi connectivity index (χ3v) is 6.26. The van der Waals surface area contributed by atoms with E-state index >= 15 is 0 Å². The lowest BCUT2D eigenvalue weighted by molar-refractivity contribution is 0.131. The summed E-state index contributed by atoms with van der Waals surface area (Å²) < 4.78 is 1.98. The first kappa shape index (κ1) is 25.5. The Bertz CT molecular complexity index is 583. The van der Waals surface area contributed by atoms with Gasteiger partial charge in [-0.3, -0.25) is 0 Å². The number of thioether (sulfide) groups is 1. The van der Waals surface area contributed by atoms with E-state index in [-0.39, 0.29) is 36.0 Å². The van der Waals surface area contributed by atoms with Crippen LogP contribution in [-0.2, 0) is 13.6 Å². The van der Waals surface area contributed by atoms with Crippen molar-refractivity contribution < 1.29 is 5.11 Å². The lowest BCUT2D eigenvalue weighted by atomic mass is 9.72. The Morgan fingerprint density at radius 1 is 1.25 bits per heavy atom. The zero-order valence-electron chi connectivity index (χ0n) is 17.5. The summed E-state index contributed by atoms with van der Waals surface area (Å²) in [5, 5.41) is 24.9. The molecular weight excluding hydrogens is 487 g/mol. The van der Waals surface area contributed by atoms with Crippen molar-refractivity contribution in [2.75, 3.05) is 31.7 Å². The number of rotatable bonds is 10. The van der Waals surface area contributed by atoms with Crippen molar-refractivity contribution >= 4 is 41.7 Å². The molecule has 1 aliphatic carbocycles. The second kappa shape index (κ2) is 13.6. The second-order valence-corrected chi connectivity index (χ2v) is 8.53. The minimum Gasteiger partial charge on any atom is -0.396 e. The van der Waals surface area contributed by atoms with Gasteiger partial charge in [0.15, 0.2) is 11.8 Å². The molecule has 0 aliphatic heterocycles. The van der Waals surface area contributed by atoms with E-state index in [0.717, 1.165) is 49.3 Å². The topological polar surface area (TPSA) is 87.4 Å². The van der Waals surface area contributed by atoms with Gasteiger partial charge >= 0.3 is 0 Å². The summed E-state index contributed by atoms with van der Waals surface area (Å²) in [5.74, 6) is 3.73. The largest absolute Gasteiger partial charge is 0.396 e. The number of aromatic nitrogens is 3. The normalized spacial score (nSPS) is 16.5. The molecule has 0 bridgehead atoms. The Labute approximate surface area is 191 Å². The van der Waals surface area contributed by atoms with Gasteiger partial charge in [-0.15, -0.1) is 34.2 Å². The van der Waals surface area contributed by atoms with Crippen molar-refractivity contribution in [1.29, 1.82) is 0 Å². The average Bonchev–Trinajstić information content (AvgIpc) is 3.00. The molecule has 0 unspecified atom stereocenters. The Morgan fingerprint density at radius 2 is 2.00 bits per heavy atom. The van der Waals surface area contributed by atoms with Crippen LogP contribution in [0.1, 0.15) is 56.6 Å². The number of aliphatic imine (C=N–C) groups is 1. The lowest BCUT2D eigenvalue weighted by Crippen LogP contribution is -2.45. The van der Waals surface area contributed by atoms with Gasteiger partial charge in [-0.2, -0.15) is 11.8 Å². The molecule has 1 aromatic heterocycles. The van der Waals surface area contributed by atoms with Crippen LogP contribution in [-0.4, -0.2) is 57.5 Å². The van der Waals surface area contributed by atoms with Crippen LogP contribution in [0.2, 0.25) is 0 Å². The number of aryl methyl sites for hydroxylation is 1. The average molecular weight is 525 g/mol. The third kappa shape index (κ3) is 8.06. The zero-order valence-corrected chi connectivity index (χ0v) is 20.7. The van der Waals surface area contributed by atoms with Crippen LogP contribution in [0, 0.1) is 12.3 Å². The molecular formula is C19H37IN6OS. The quantitative estimate of drug-likeness (QED) is 0.189. The van der Waals surface area contributed by atoms with Gasteiger partial charge in [-0.25, -0.2) is 4.99 Å². The van der Waals surface area contributed by atoms with Crippen LogP contribution in [0.25, 0.3) is 0 Å². The van der Waals surface area contributed by atoms with Crippen molar-refractivity contribution in [2.24, 2.45) is 17.5 Å². The molecule has 9 heteroatoms. The molecule has 0 spiro atoms. The van der Waals surface area contributed by atoms with E-state index in [0.29, 0.717) is 6.54 Å². The van der Waals surface area contributed by atoms with E-state index < -0.39 is 0 Å². The molecule has 0 amide bonds. The maximum absolute atomic E-state index is 9.54. The first-order valence-electron chi connectivity index (χ1n) is 10.1. The van der Waals surface area contributed by atoms with E-state index in [1.807, 2.05) is 30.3 Å². The number of aliphatic hydroxyl groups is 1. The highest BCUT2D eigenvalue weighted by Crippen LogP contribution is 2.38. The highest BCUT2D eigenvalue weighted by atomic mass is 127. The Balaban J connectivity index is 0.00000392. The van der Waals surface area contributed by atoms with Crippen LogP contribution in [0.4, 0.5) is 0 Å². The maximum Gasteiger partial charge on any atom is 0.191 e. The second-order valence-electron chi connectivity index (χ2n) is 7.55. The molecule has 162 valence electrons. The summed E-state index contributed by atoms with van der Waals surface area (Å²) in [6.45, 7) is 4.47. The van der Waals surface area contributed by atoms with Crippen LogP contribution < -0.4 is 10.6 Å². The van der Waals surface area contributed by atoms with Gasteiger partial charge < -0.3 is 20.3 Å². The number of nitrogens with one attached hydrogen (secondary N) is 2. The van der Waals surface area contributed by atoms with E-state index in [4.69, 9.17) is 4.99 Å². The van der Waals surface area contributed by atoms with Crippen molar-refractivity contribution in [3.63, 3.8) is 0 Å². The number of nitrogens with zero attached hydrogens (tertiary/aromatic N) is 4. The summed E-state index contributed by atoms with van der Waals surface area (Å²) >= 11 is 1.86. The summed E-state index contributed by atoms with van der Waals surface area (Å²) in [6.07, 6.45) is 10.3. The van der Waals surface area contributed by atoms with Crippen LogP contribution >= 0.6 is 35.7 Å². The molecule has 0 radical (unpaired) electrons. The first-order chi connectivity index (χ1) is 13.1. The molecule has 3 N–H and O–H groups in total. The highest BCUT2D eigenvalue weighted by molar-refractivity contribution is 14.0. The Hall–Kier alpha value is -0.550. The standard InChI is InChI=1S/C19H36N6OS.HI/c1-16-23-24-17(25(16)2)14-21-18(20-11-7-13-27-3)22-15-19(10-12-26)8-5-4-6-9-19;/h26H,4-15H2,1-3H3,(H2,20,21,22);1H. The fourth-order valence-corrected chi connectivity index (χ4v) is 4.09. The lowest BCUT2D eigenvalue weighted by Gasteiger charge is -2.37. The van der Waals surface area contributed by atoms with Gasteiger partial charge in [0, 0.05) is 26.7 Å². The van der Waals surface area contributed by atoms with Gasteiger partial charge in [0.2, 0.25) is 0 Å². The predicted molar refractivity (Wildman–Crippen MR) is 129 cm³/mol. The summed E-state index contributed by atoms with van der Waals surface area (Å²) in [6, 6.07) is 0. The molecule has 1 fully saturated rings. The number of hydrogen-bond acceptors (Lipinski definition) is 5. The molecule has 0 atom stereocenters. The molecule has 1 aliphatic rings. The number of halogens is 1. The van der Waals surface area contributed by atoms with Gasteiger partial charge in [0.1, 0.15) is 12.4 Å². The Kier molecular flexibility index (Phi) is 12.4. The van der Waals surface area contributed by atoms with Gasteiger partial charge in [-0.05, 0) is 50.0 Å². The van der Waals surface area contributed by atoms with Crippen LogP contribution in [0.15, 0.2) is 4.99 Å². The predicted octanol–water partition coefficient (Wildman–Crippen LogP) is 2.86. The summed E-state index contributed by atoms with van der Waals surface area (Å²) in [7, 11) is 1.97. The van der Waals surface area contributed by atoms with Gasteiger partial charge in [0.25, 0.3) is 0 Å². The van der Waals surface area contributed by atoms with Gasteiger partial charge in [-0.1, -0.05) is 19.3 Å². The van der Waals surface area contributed by atoms with Crippen molar-refractivity contribution in [1.82, 2.24) is 25.4 Å². The van der Waals surface area contributed by atoms with E-state index in [1.165, 1.54) is 32.1 Å². The molecule has 7 nitrogen and oxygen atoms in total. The molecule has 28 heavy (non-hydrogen) atoms. The van der Waals surface area contributed by atoms with E-state index in [9.17, 15) is 5.11 Å². The number of guanidine groups is 1. The molecule has 2 rings (SSSR count). The fraction of sp³-hybridized carbons (Fsp3) is 0.842. The zero-order chi connectivity index (χ0) is 19.5. The van der Waals surface area contributed by atoms with Crippen molar-refractivity contribution in [3.05, 3.63) is 11.6 Å². The fourth-order valence-electron chi connectivity index (χ4n) is 3.66. The molecule has 1 aromatic rings. The first-order valence-corrected chi connectivity index (χ1v) is 11.5. The minimum absolute atomic E-state index is 0. The Morgan fingerprint density at radius 3 is 2.61 bits per heavy atom. The number of aliphatic hydroxyl groups excluding tert-OH is 1. The minimum atomic E-state index is 0. The summed E-state index contributed by atoms with van der Waals surface area (Å²) in [5.41, 5.74) is 0.191. The smallest absolute Gasteiger partial charge is 0.191 e. The molecule has 0 saturated heterocycles. The van der Waals surface area contributed by atoms with E-state index in [1.54, 1.807) is 0 Å². The molecule has 1 saturated carbocycles. The van der Waals surface area contributed by atoms with E-state index in [2.05, 4.69) is 27.1 Å². The highest BCUT2D eigenvalue weighted by Gasteiger charge is 2.31.